The van der Waals surface area contributed by atoms with Crippen molar-refractivity contribution in [2.24, 2.45) is 0 Å². The van der Waals surface area contributed by atoms with Crippen molar-refractivity contribution in [1.29, 1.82) is 0 Å². The maximum atomic E-state index is 13.2. The van der Waals surface area contributed by atoms with E-state index in [4.69, 9.17) is 4.74 Å². The summed E-state index contributed by atoms with van der Waals surface area (Å²) in [6, 6.07) is 16.2. The number of aromatic nitrogens is 2. The van der Waals surface area contributed by atoms with Gasteiger partial charge in [-0.1, -0.05) is 31.2 Å². The minimum Gasteiger partial charge on any atom is -0.473 e. The Morgan fingerprint density at radius 2 is 1.80 bits per heavy atom. The van der Waals surface area contributed by atoms with Crippen molar-refractivity contribution in [2.75, 3.05) is 5.32 Å². The number of rotatable bonds is 6. The van der Waals surface area contributed by atoms with Crippen LogP contribution in [0.3, 0.4) is 0 Å². The van der Waals surface area contributed by atoms with Crippen LogP contribution in [-0.4, -0.2) is 9.97 Å². The van der Waals surface area contributed by atoms with Crippen LogP contribution in [0.25, 0.3) is 0 Å². The zero-order valence-electron chi connectivity index (χ0n) is 14.3. The Morgan fingerprint density at radius 1 is 1.00 bits per heavy atom. The molecule has 3 rings (SSSR count). The average molecular weight is 337 g/mol. The Kier molecular flexibility index (Phi) is 5.23. The molecule has 0 amide bonds. The van der Waals surface area contributed by atoms with Crippen molar-refractivity contribution < 1.29 is 9.13 Å². The molecule has 0 fully saturated rings. The van der Waals surface area contributed by atoms with Gasteiger partial charge in [0.15, 0.2) is 0 Å². The summed E-state index contributed by atoms with van der Waals surface area (Å²) >= 11 is 0. The van der Waals surface area contributed by atoms with Gasteiger partial charge < -0.3 is 10.1 Å². The standard InChI is InChI=1S/C20H20FN3O/c1-3-15-6-5-9-18(12-15)23-20-22-14(2)10-19(24-20)25-13-16-7-4-8-17(21)11-16/h4-12H,3,13H2,1-2H3,(H,22,23,24). The predicted octanol–water partition coefficient (Wildman–Crippen LogP) is 4.81. The number of aryl methyl sites for hydroxylation is 2. The number of nitrogens with zero attached hydrogens (tertiary/aromatic N) is 2. The highest BCUT2D eigenvalue weighted by atomic mass is 19.1. The summed E-state index contributed by atoms with van der Waals surface area (Å²) in [7, 11) is 0. The highest BCUT2D eigenvalue weighted by Crippen LogP contribution is 2.19. The van der Waals surface area contributed by atoms with Crippen molar-refractivity contribution in [3.8, 4) is 5.88 Å². The van der Waals surface area contributed by atoms with E-state index in [1.807, 2.05) is 25.1 Å². The lowest BCUT2D eigenvalue weighted by molar-refractivity contribution is 0.293. The fourth-order valence-electron chi connectivity index (χ4n) is 2.45. The van der Waals surface area contributed by atoms with E-state index in [0.717, 1.165) is 23.4 Å². The molecule has 1 N–H and O–H groups in total. The molecule has 0 aliphatic carbocycles. The second kappa shape index (κ2) is 7.75. The Balaban J connectivity index is 1.73. The Labute approximate surface area is 146 Å². The van der Waals surface area contributed by atoms with Crippen LogP contribution in [0.5, 0.6) is 5.88 Å². The SMILES string of the molecule is CCc1cccc(Nc2nc(C)cc(OCc3cccc(F)c3)n2)c1. The molecule has 0 aliphatic heterocycles. The second-order valence-corrected chi connectivity index (χ2v) is 5.77. The molecule has 25 heavy (non-hydrogen) atoms. The summed E-state index contributed by atoms with van der Waals surface area (Å²) < 4.78 is 18.9. The van der Waals surface area contributed by atoms with E-state index in [1.54, 1.807) is 12.1 Å². The van der Waals surface area contributed by atoms with Crippen molar-refractivity contribution in [3.05, 3.63) is 77.2 Å². The van der Waals surface area contributed by atoms with E-state index in [-0.39, 0.29) is 12.4 Å². The molecule has 2 aromatic carbocycles. The highest BCUT2D eigenvalue weighted by Gasteiger charge is 2.05. The van der Waals surface area contributed by atoms with Gasteiger partial charge in [0.1, 0.15) is 12.4 Å². The molecule has 0 unspecified atom stereocenters. The van der Waals surface area contributed by atoms with Crippen LogP contribution >= 0.6 is 0 Å². The van der Waals surface area contributed by atoms with E-state index < -0.39 is 0 Å². The molecule has 0 bridgehead atoms. The first-order valence-electron chi connectivity index (χ1n) is 8.21. The summed E-state index contributed by atoms with van der Waals surface area (Å²) in [6.45, 7) is 4.24. The monoisotopic (exact) mass is 337 g/mol. The number of hydrogen-bond acceptors (Lipinski definition) is 4. The molecule has 4 nitrogen and oxygen atoms in total. The van der Waals surface area contributed by atoms with Gasteiger partial charge in [-0.2, -0.15) is 4.98 Å². The summed E-state index contributed by atoms with van der Waals surface area (Å²) in [5.41, 5.74) is 3.71. The Hall–Kier alpha value is -2.95. The smallest absolute Gasteiger partial charge is 0.230 e. The molecule has 0 spiro atoms. The minimum absolute atomic E-state index is 0.249. The third-order valence-corrected chi connectivity index (χ3v) is 3.70. The van der Waals surface area contributed by atoms with Crippen LogP contribution in [0.15, 0.2) is 54.6 Å². The van der Waals surface area contributed by atoms with Crippen LogP contribution in [0.4, 0.5) is 16.0 Å². The number of nitrogens with one attached hydrogen (secondary N) is 1. The third-order valence-electron chi connectivity index (χ3n) is 3.70. The van der Waals surface area contributed by atoms with E-state index >= 15 is 0 Å². The van der Waals surface area contributed by atoms with Gasteiger partial charge in [0.05, 0.1) is 0 Å². The molecule has 0 saturated carbocycles. The molecule has 0 radical (unpaired) electrons. The van der Waals surface area contributed by atoms with Gasteiger partial charge >= 0.3 is 0 Å². The summed E-state index contributed by atoms with van der Waals surface area (Å²) in [5.74, 6) is 0.645. The topological polar surface area (TPSA) is 47.0 Å². The molecule has 1 heterocycles. The van der Waals surface area contributed by atoms with E-state index in [9.17, 15) is 4.39 Å². The largest absolute Gasteiger partial charge is 0.473 e. The van der Waals surface area contributed by atoms with E-state index in [2.05, 4.69) is 34.3 Å². The summed E-state index contributed by atoms with van der Waals surface area (Å²) in [6.07, 6.45) is 0.964. The zero-order valence-corrected chi connectivity index (χ0v) is 14.3. The lowest BCUT2D eigenvalue weighted by atomic mass is 10.1. The molecule has 3 aromatic rings. The molecule has 1 aromatic heterocycles. The Morgan fingerprint density at radius 3 is 2.60 bits per heavy atom. The predicted molar refractivity (Wildman–Crippen MR) is 96.6 cm³/mol. The van der Waals surface area contributed by atoms with Crippen LogP contribution in [0.1, 0.15) is 23.7 Å². The molecule has 0 aliphatic rings. The number of benzene rings is 2. The van der Waals surface area contributed by atoms with Crippen molar-refractivity contribution in [2.45, 2.75) is 26.9 Å². The quantitative estimate of drug-likeness (QED) is 0.701. The van der Waals surface area contributed by atoms with Crippen molar-refractivity contribution in [1.82, 2.24) is 9.97 Å². The van der Waals surface area contributed by atoms with Crippen molar-refractivity contribution >= 4 is 11.6 Å². The molecule has 128 valence electrons. The molecular formula is C20H20FN3O. The first kappa shape index (κ1) is 16.9. The average Bonchev–Trinajstić information content (AvgIpc) is 2.60. The van der Waals surface area contributed by atoms with Gasteiger partial charge in [0, 0.05) is 17.4 Å². The number of hydrogen-bond donors (Lipinski definition) is 1. The second-order valence-electron chi connectivity index (χ2n) is 5.77. The fourth-order valence-corrected chi connectivity index (χ4v) is 2.45. The van der Waals surface area contributed by atoms with Gasteiger partial charge in [-0.25, -0.2) is 9.37 Å². The van der Waals surface area contributed by atoms with Crippen molar-refractivity contribution in [3.63, 3.8) is 0 Å². The van der Waals surface area contributed by atoms with Gasteiger partial charge in [-0.05, 0) is 48.7 Å². The molecular weight excluding hydrogens is 317 g/mol. The van der Waals surface area contributed by atoms with E-state index in [1.165, 1.54) is 17.7 Å². The summed E-state index contributed by atoms with van der Waals surface area (Å²) in [4.78, 5) is 8.78. The summed E-state index contributed by atoms with van der Waals surface area (Å²) in [5, 5.41) is 3.20. The molecule has 0 atom stereocenters. The van der Waals surface area contributed by atoms with Crippen LogP contribution < -0.4 is 10.1 Å². The van der Waals surface area contributed by atoms with E-state index in [0.29, 0.717) is 11.8 Å². The maximum Gasteiger partial charge on any atom is 0.230 e. The number of ether oxygens (including phenoxy) is 1. The first-order valence-corrected chi connectivity index (χ1v) is 8.21. The van der Waals surface area contributed by atoms with Gasteiger partial charge in [-0.15, -0.1) is 0 Å². The lowest BCUT2D eigenvalue weighted by Crippen LogP contribution is -2.03. The Bertz CT molecular complexity index is 867. The van der Waals surface area contributed by atoms with Gasteiger partial charge in [0.25, 0.3) is 0 Å². The minimum atomic E-state index is -0.280. The first-order chi connectivity index (χ1) is 12.1. The number of anilines is 2. The highest BCUT2D eigenvalue weighted by molar-refractivity contribution is 5.54. The van der Waals surface area contributed by atoms with Crippen LogP contribution in [0.2, 0.25) is 0 Å². The number of halogens is 1. The van der Waals surface area contributed by atoms with Crippen LogP contribution in [-0.2, 0) is 13.0 Å². The maximum absolute atomic E-state index is 13.2. The van der Waals surface area contributed by atoms with Crippen LogP contribution in [0, 0.1) is 12.7 Å². The molecule has 0 saturated heterocycles. The lowest BCUT2D eigenvalue weighted by Gasteiger charge is -2.10. The fraction of sp³-hybridized carbons (Fsp3) is 0.200. The van der Waals surface area contributed by atoms with Gasteiger partial charge in [0.2, 0.25) is 11.8 Å². The van der Waals surface area contributed by atoms with Gasteiger partial charge in [-0.3, -0.25) is 0 Å². The zero-order chi connectivity index (χ0) is 17.6. The third kappa shape index (κ3) is 4.76. The molecule has 5 heteroatoms. The normalized spacial score (nSPS) is 10.5.